The predicted octanol–water partition coefficient (Wildman–Crippen LogP) is 9.26. The SMILES string of the molecule is CC(C)c1c[c-]c2c(c1)Oc1cc(C(C)C)ccc1[C@]2(c1ccccn1)c1cccc(-c2[c-]cccc2)n1.O=C(O)c1ccccn1.[Ir]. The number of carbonyl (C=O) groups is 1. The number of carboxylic acid groups (broad SMARTS) is 1. The molecule has 0 saturated heterocycles. The van der Waals surface area contributed by atoms with Crippen LogP contribution in [0.4, 0.5) is 0 Å². The number of aromatic carboxylic acids is 1. The monoisotopic (exact) mass is 810 g/mol. The van der Waals surface area contributed by atoms with Gasteiger partial charge in [-0.2, -0.15) is 12.1 Å². The molecule has 3 aromatic heterocycles. The van der Waals surface area contributed by atoms with Crippen LogP contribution in [0.2, 0.25) is 0 Å². The zero-order chi connectivity index (χ0) is 33.0. The standard InChI is InChI=1S/C35H30N2O.C6H5NO2.Ir/c1-23(2)26-16-18-28-31(21-26)38-32-22-27(24(3)4)17-19-29(32)35(28,33-14-8-9-20-36-33)34-15-10-13-30(37-34)25-11-6-5-7-12-25;8-6(9)5-3-1-2-4-7-5;/h5-11,13-18,20-24H,1-4H3;1-4H,(H,8,9);/q-2;;/t35-;;/m0../s1. The number of fused-ring (bicyclic) bond motifs is 2. The van der Waals surface area contributed by atoms with Gasteiger partial charge in [0.25, 0.3) is 0 Å². The van der Waals surface area contributed by atoms with Gasteiger partial charge in [0, 0.05) is 49.5 Å². The fourth-order valence-corrected chi connectivity index (χ4v) is 5.83. The molecule has 1 radical (unpaired) electrons. The van der Waals surface area contributed by atoms with Crippen molar-refractivity contribution in [2.45, 2.75) is 44.9 Å². The van der Waals surface area contributed by atoms with Gasteiger partial charge in [0.05, 0.1) is 11.1 Å². The third kappa shape index (κ3) is 6.70. The van der Waals surface area contributed by atoms with Crippen LogP contribution in [-0.4, -0.2) is 26.0 Å². The average molecular weight is 810 g/mol. The Labute approximate surface area is 295 Å². The van der Waals surface area contributed by atoms with Crippen molar-refractivity contribution < 1.29 is 34.7 Å². The van der Waals surface area contributed by atoms with Gasteiger partial charge in [-0.05, 0) is 53.6 Å². The number of pyridine rings is 3. The van der Waals surface area contributed by atoms with Gasteiger partial charge in [0.15, 0.2) is 0 Å². The molecule has 0 saturated carbocycles. The van der Waals surface area contributed by atoms with E-state index in [9.17, 15) is 4.79 Å². The Morgan fingerprint density at radius 1 is 0.750 bits per heavy atom. The van der Waals surface area contributed by atoms with E-state index < -0.39 is 11.4 Å². The summed E-state index contributed by atoms with van der Waals surface area (Å²) < 4.78 is 6.68. The van der Waals surface area contributed by atoms with Gasteiger partial charge in [-0.25, -0.2) is 9.78 Å². The third-order valence-corrected chi connectivity index (χ3v) is 8.32. The zero-order valence-corrected chi connectivity index (χ0v) is 29.5. The van der Waals surface area contributed by atoms with Crippen molar-refractivity contribution >= 4 is 5.97 Å². The second-order valence-electron chi connectivity index (χ2n) is 12.0. The molecule has 1 N–H and O–H groups in total. The minimum atomic E-state index is -0.990. The molecule has 3 aromatic carbocycles. The molecule has 1 aliphatic heterocycles. The van der Waals surface area contributed by atoms with Crippen LogP contribution in [0, 0.1) is 12.1 Å². The van der Waals surface area contributed by atoms with E-state index in [0.717, 1.165) is 45.3 Å². The van der Waals surface area contributed by atoms with Gasteiger partial charge >= 0.3 is 5.97 Å². The normalized spacial score (nSPS) is 14.5. The zero-order valence-electron chi connectivity index (χ0n) is 27.1. The van der Waals surface area contributed by atoms with Crippen molar-refractivity contribution in [3.8, 4) is 22.8 Å². The minimum absolute atomic E-state index is 0. The Morgan fingerprint density at radius 2 is 1.46 bits per heavy atom. The van der Waals surface area contributed by atoms with Crippen molar-refractivity contribution in [1.29, 1.82) is 0 Å². The quantitative estimate of drug-likeness (QED) is 0.169. The van der Waals surface area contributed by atoms with Crippen molar-refractivity contribution in [2.75, 3.05) is 0 Å². The Bertz CT molecular complexity index is 1940. The summed E-state index contributed by atoms with van der Waals surface area (Å²) in [6, 6.07) is 42.8. The summed E-state index contributed by atoms with van der Waals surface area (Å²) in [6.07, 6.45) is 3.30. The summed E-state index contributed by atoms with van der Waals surface area (Å²) in [5.41, 5.74) is 7.21. The van der Waals surface area contributed by atoms with Crippen LogP contribution in [0.15, 0.2) is 122 Å². The molecule has 1 aliphatic rings. The van der Waals surface area contributed by atoms with E-state index in [4.69, 9.17) is 19.8 Å². The molecule has 0 unspecified atom stereocenters. The van der Waals surface area contributed by atoms with Crippen molar-refractivity contribution in [1.82, 2.24) is 15.0 Å². The van der Waals surface area contributed by atoms with Crippen LogP contribution < -0.4 is 4.74 Å². The number of rotatable bonds is 6. The number of aromatic nitrogens is 3. The number of ether oxygens (including phenoxy) is 1. The maximum Gasteiger partial charge on any atom is 0.354 e. The van der Waals surface area contributed by atoms with Crippen LogP contribution in [0.5, 0.6) is 11.5 Å². The number of hydrogen-bond acceptors (Lipinski definition) is 5. The third-order valence-electron chi connectivity index (χ3n) is 8.32. The van der Waals surface area contributed by atoms with Crippen LogP contribution in [0.3, 0.4) is 0 Å². The van der Waals surface area contributed by atoms with Gasteiger partial charge in [-0.3, -0.25) is 9.97 Å². The number of benzene rings is 3. The molecule has 6 aromatic rings. The molecule has 7 rings (SSSR count). The van der Waals surface area contributed by atoms with E-state index in [1.807, 2.05) is 48.7 Å². The van der Waals surface area contributed by atoms with Crippen molar-refractivity contribution in [3.63, 3.8) is 0 Å². The Hall–Kier alpha value is -4.97. The summed E-state index contributed by atoms with van der Waals surface area (Å²) in [5.74, 6) is 1.37. The summed E-state index contributed by atoms with van der Waals surface area (Å²) >= 11 is 0. The Balaban J connectivity index is 0.000000393. The summed E-state index contributed by atoms with van der Waals surface area (Å²) in [4.78, 5) is 23.9. The smallest absolute Gasteiger partial charge is 0.354 e. The second kappa shape index (κ2) is 14.8. The predicted molar refractivity (Wildman–Crippen MR) is 183 cm³/mol. The van der Waals surface area contributed by atoms with Crippen molar-refractivity contribution in [2.24, 2.45) is 0 Å². The number of nitrogens with zero attached hydrogens (tertiary/aromatic N) is 3. The molecule has 4 heterocycles. The van der Waals surface area contributed by atoms with Crippen LogP contribution in [0.1, 0.15) is 83.7 Å². The molecule has 1 atom stereocenters. The van der Waals surface area contributed by atoms with Gasteiger partial charge in [-0.15, -0.1) is 47.5 Å². The molecule has 7 heteroatoms. The van der Waals surface area contributed by atoms with E-state index in [2.05, 4.69) is 93.3 Å². The fourth-order valence-electron chi connectivity index (χ4n) is 5.83. The fraction of sp³-hybridized carbons (Fsp3) is 0.171. The molecule has 48 heavy (non-hydrogen) atoms. The molecule has 0 aliphatic carbocycles. The van der Waals surface area contributed by atoms with Gasteiger partial charge < -0.3 is 9.84 Å². The first-order valence-electron chi connectivity index (χ1n) is 15.7. The summed E-state index contributed by atoms with van der Waals surface area (Å²) in [7, 11) is 0. The van der Waals surface area contributed by atoms with Crippen molar-refractivity contribution in [3.05, 3.63) is 173 Å². The van der Waals surface area contributed by atoms with Gasteiger partial charge in [0.1, 0.15) is 11.4 Å². The summed E-state index contributed by atoms with van der Waals surface area (Å²) in [5, 5.41) is 8.32. The Kier molecular flexibility index (Phi) is 10.6. The molecule has 0 amide bonds. The van der Waals surface area contributed by atoms with Gasteiger partial charge in [0.2, 0.25) is 0 Å². The molecule has 6 nitrogen and oxygen atoms in total. The molecular formula is C41H35IrN3O3-2. The molecule has 243 valence electrons. The van der Waals surface area contributed by atoms with Crippen LogP contribution in [0.25, 0.3) is 11.3 Å². The average Bonchev–Trinajstić information content (AvgIpc) is 3.11. The van der Waals surface area contributed by atoms with E-state index in [0.29, 0.717) is 11.8 Å². The molecule has 0 bridgehead atoms. The minimum Gasteiger partial charge on any atom is -0.516 e. The largest absolute Gasteiger partial charge is 0.516 e. The maximum absolute atomic E-state index is 10.1. The molecule has 0 fully saturated rings. The first-order valence-corrected chi connectivity index (χ1v) is 15.7. The van der Waals surface area contributed by atoms with Crippen LogP contribution >= 0.6 is 0 Å². The topological polar surface area (TPSA) is 85.2 Å². The van der Waals surface area contributed by atoms with E-state index in [-0.39, 0.29) is 25.8 Å². The maximum atomic E-state index is 10.1. The second-order valence-corrected chi connectivity index (χ2v) is 12.0. The van der Waals surface area contributed by atoms with Gasteiger partial charge in [-0.1, -0.05) is 75.6 Å². The number of carboxylic acids is 1. The number of hydrogen-bond donors (Lipinski definition) is 1. The first-order chi connectivity index (χ1) is 22.8. The first kappa shape index (κ1) is 34.4. The van der Waals surface area contributed by atoms with E-state index >= 15 is 0 Å². The van der Waals surface area contributed by atoms with E-state index in [1.54, 1.807) is 12.1 Å². The van der Waals surface area contributed by atoms with E-state index in [1.165, 1.54) is 23.4 Å². The molecule has 0 spiro atoms. The van der Waals surface area contributed by atoms with Crippen LogP contribution in [-0.2, 0) is 25.5 Å². The Morgan fingerprint density at radius 3 is 2.08 bits per heavy atom. The summed E-state index contributed by atoms with van der Waals surface area (Å²) in [6.45, 7) is 8.79. The molecular weight excluding hydrogens is 775 g/mol.